The van der Waals surface area contributed by atoms with Crippen LogP contribution in [-0.2, 0) is 12.6 Å². The first-order chi connectivity index (χ1) is 7.41. The Morgan fingerprint density at radius 1 is 1.38 bits per heavy atom. The molecule has 0 N–H and O–H groups in total. The van der Waals surface area contributed by atoms with Gasteiger partial charge < -0.3 is 0 Å². The molecule has 2 rings (SSSR count). The summed E-state index contributed by atoms with van der Waals surface area (Å²) in [5.74, 6) is -1.18. The van der Waals surface area contributed by atoms with Gasteiger partial charge in [-0.05, 0) is 24.1 Å². The molecule has 16 heavy (non-hydrogen) atoms. The number of pyridine rings is 1. The van der Waals surface area contributed by atoms with Crippen molar-refractivity contribution in [3.8, 4) is 0 Å². The van der Waals surface area contributed by atoms with Crippen molar-refractivity contribution in [1.29, 1.82) is 0 Å². The molecular weight excluding hydrogens is 243 g/mol. The summed E-state index contributed by atoms with van der Waals surface area (Å²) in [7, 11) is 0. The minimum Gasteiger partial charge on any atom is -0.203 e. The summed E-state index contributed by atoms with van der Waals surface area (Å²) in [5.41, 5.74) is 0.926. The fourth-order valence-corrected chi connectivity index (χ4v) is 1.59. The second-order valence-corrected chi connectivity index (χ2v) is 3.63. The summed E-state index contributed by atoms with van der Waals surface area (Å²) in [4.78, 5) is 3.40. The third kappa shape index (κ3) is 1.84. The zero-order valence-electron chi connectivity index (χ0n) is 8.22. The zero-order chi connectivity index (χ0) is 11.9. The Morgan fingerprint density at radius 2 is 2.06 bits per heavy atom. The van der Waals surface area contributed by atoms with Gasteiger partial charge in [-0.1, -0.05) is 18.5 Å². The molecule has 86 valence electrons. The summed E-state index contributed by atoms with van der Waals surface area (Å²) in [6.45, 7) is 1.88. The van der Waals surface area contributed by atoms with Crippen LogP contribution >= 0.6 is 11.6 Å². The molecule has 2 heterocycles. The summed E-state index contributed by atoms with van der Waals surface area (Å²) < 4.78 is 38.1. The molecule has 0 aromatic carbocycles. The summed E-state index contributed by atoms with van der Waals surface area (Å²) in [6, 6.07) is 3.11. The Morgan fingerprint density at radius 3 is 2.62 bits per heavy atom. The van der Waals surface area contributed by atoms with E-state index in [0.717, 1.165) is 10.1 Å². The molecule has 0 aliphatic rings. The van der Waals surface area contributed by atoms with Crippen molar-refractivity contribution < 1.29 is 13.2 Å². The molecule has 2 aromatic heterocycles. The second kappa shape index (κ2) is 3.62. The van der Waals surface area contributed by atoms with Gasteiger partial charge in [0.1, 0.15) is 5.15 Å². The highest BCUT2D eigenvalue weighted by Gasteiger charge is 2.36. The normalized spacial score (nSPS) is 12.3. The minimum absolute atomic E-state index is 0.108. The predicted molar refractivity (Wildman–Crippen MR) is 52.4 cm³/mol. The number of rotatable bonds is 1. The van der Waals surface area contributed by atoms with Gasteiger partial charge in [-0.3, -0.25) is 0 Å². The van der Waals surface area contributed by atoms with Crippen LogP contribution in [0.5, 0.6) is 0 Å². The lowest BCUT2D eigenvalue weighted by Gasteiger charge is -1.99. The highest BCUT2D eigenvalue weighted by atomic mass is 35.5. The number of hydrogen-bond acceptors (Lipinski definition) is 2. The first-order valence-corrected chi connectivity index (χ1v) is 4.92. The van der Waals surface area contributed by atoms with E-state index in [2.05, 4.69) is 10.1 Å². The maximum atomic E-state index is 12.4. The van der Waals surface area contributed by atoms with E-state index >= 15 is 0 Å². The first kappa shape index (κ1) is 11.2. The van der Waals surface area contributed by atoms with Gasteiger partial charge in [0.05, 0.1) is 0 Å². The summed E-state index contributed by atoms with van der Waals surface area (Å²) in [6.07, 6.45) is -3.88. The highest BCUT2D eigenvalue weighted by Crippen LogP contribution is 2.27. The number of hydrogen-bond donors (Lipinski definition) is 0. The molecule has 7 heteroatoms. The molecule has 0 saturated carbocycles. The van der Waals surface area contributed by atoms with E-state index in [4.69, 9.17) is 11.6 Å². The van der Waals surface area contributed by atoms with Crippen molar-refractivity contribution in [1.82, 2.24) is 14.6 Å². The average Bonchev–Trinajstić information content (AvgIpc) is 2.61. The first-order valence-electron chi connectivity index (χ1n) is 4.54. The lowest BCUT2D eigenvalue weighted by Crippen LogP contribution is -2.07. The Hall–Kier alpha value is -1.30. The third-order valence-corrected chi connectivity index (χ3v) is 2.38. The molecule has 0 bridgehead atoms. The molecular formula is C9H7ClF3N3. The number of alkyl halides is 3. The van der Waals surface area contributed by atoms with E-state index in [9.17, 15) is 13.2 Å². The second-order valence-electron chi connectivity index (χ2n) is 3.24. The van der Waals surface area contributed by atoms with E-state index in [1.807, 2.05) is 6.92 Å². The predicted octanol–water partition coefficient (Wildman–Crippen LogP) is 2.96. The van der Waals surface area contributed by atoms with Crippen LogP contribution in [0, 0.1) is 0 Å². The fraction of sp³-hybridized carbons (Fsp3) is 0.333. The van der Waals surface area contributed by atoms with Gasteiger partial charge in [0.15, 0.2) is 5.65 Å². The maximum Gasteiger partial charge on any atom is 0.453 e. The van der Waals surface area contributed by atoms with Crippen molar-refractivity contribution in [3.63, 3.8) is 0 Å². The highest BCUT2D eigenvalue weighted by molar-refractivity contribution is 6.29. The van der Waals surface area contributed by atoms with Crippen LogP contribution in [0.3, 0.4) is 0 Å². The van der Waals surface area contributed by atoms with Gasteiger partial charge in [0.25, 0.3) is 5.82 Å². The molecule has 0 aliphatic carbocycles. The summed E-state index contributed by atoms with van der Waals surface area (Å²) in [5, 5.41) is 3.43. The molecule has 0 fully saturated rings. The van der Waals surface area contributed by atoms with Crippen LogP contribution < -0.4 is 0 Å². The van der Waals surface area contributed by atoms with Crippen LogP contribution in [-0.4, -0.2) is 14.6 Å². The monoisotopic (exact) mass is 249 g/mol. The van der Waals surface area contributed by atoms with Crippen LogP contribution in [0.2, 0.25) is 5.15 Å². The van der Waals surface area contributed by atoms with Gasteiger partial charge in [-0.15, -0.1) is 5.10 Å². The quantitative estimate of drug-likeness (QED) is 0.728. The van der Waals surface area contributed by atoms with Gasteiger partial charge in [0, 0.05) is 0 Å². The standard InChI is InChI=1S/C9H7ClF3N3/c1-2-5-3-6(10)16-7(4-5)14-8(15-16)9(11,12)13/h3-4H,2H2,1H3. The van der Waals surface area contributed by atoms with Crippen molar-refractivity contribution >= 4 is 17.2 Å². The van der Waals surface area contributed by atoms with Crippen LogP contribution in [0.25, 0.3) is 5.65 Å². The Bertz CT molecular complexity index is 533. The van der Waals surface area contributed by atoms with E-state index in [-0.39, 0.29) is 10.8 Å². The number of aryl methyl sites for hydroxylation is 1. The molecule has 3 nitrogen and oxygen atoms in total. The molecule has 2 aromatic rings. The average molecular weight is 250 g/mol. The third-order valence-electron chi connectivity index (χ3n) is 2.12. The van der Waals surface area contributed by atoms with E-state index < -0.39 is 12.0 Å². The Kier molecular flexibility index (Phi) is 2.53. The Labute approximate surface area is 93.9 Å². The smallest absolute Gasteiger partial charge is 0.203 e. The number of halogens is 4. The van der Waals surface area contributed by atoms with Crippen molar-refractivity contribution in [3.05, 3.63) is 28.7 Å². The summed E-state index contributed by atoms with van der Waals surface area (Å²) >= 11 is 5.80. The molecule has 0 aliphatic heterocycles. The topological polar surface area (TPSA) is 30.2 Å². The van der Waals surface area contributed by atoms with Gasteiger partial charge in [-0.2, -0.15) is 13.2 Å². The molecule has 0 spiro atoms. The van der Waals surface area contributed by atoms with Crippen LogP contribution in [0.4, 0.5) is 13.2 Å². The lowest BCUT2D eigenvalue weighted by atomic mass is 10.2. The van der Waals surface area contributed by atoms with Gasteiger partial charge in [-0.25, -0.2) is 9.50 Å². The van der Waals surface area contributed by atoms with Crippen molar-refractivity contribution in [2.45, 2.75) is 19.5 Å². The minimum atomic E-state index is -4.55. The molecule has 0 atom stereocenters. The van der Waals surface area contributed by atoms with Gasteiger partial charge >= 0.3 is 6.18 Å². The van der Waals surface area contributed by atoms with Crippen LogP contribution in [0.1, 0.15) is 18.3 Å². The molecule has 0 unspecified atom stereocenters. The Balaban J connectivity index is 2.66. The van der Waals surface area contributed by atoms with Gasteiger partial charge in [0.2, 0.25) is 0 Å². The van der Waals surface area contributed by atoms with Crippen molar-refractivity contribution in [2.75, 3.05) is 0 Å². The molecule has 0 amide bonds. The van der Waals surface area contributed by atoms with Crippen LogP contribution in [0.15, 0.2) is 12.1 Å². The van der Waals surface area contributed by atoms with E-state index in [1.165, 1.54) is 6.07 Å². The maximum absolute atomic E-state index is 12.4. The number of fused-ring (bicyclic) bond motifs is 1. The largest absolute Gasteiger partial charge is 0.453 e. The van der Waals surface area contributed by atoms with E-state index in [0.29, 0.717) is 6.42 Å². The molecule has 0 radical (unpaired) electrons. The van der Waals surface area contributed by atoms with E-state index in [1.54, 1.807) is 6.07 Å². The SMILES string of the molecule is CCc1cc(Cl)n2nc(C(F)(F)F)nc2c1. The molecule has 0 saturated heterocycles. The fourth-order valence-electron chi connectivity index (χ4n) is 1.32. The number of nitrogens with zero attached hydrogens (tertiary/aromatic N) is 3. The zero-order valence-corrected chi connectivity index (χ0v) is 8.97. The lowest BCUT2D eigenvalue weighted by molar-refractivity contribution is -0.144. The van der Waals surface area contributed by atoms with Crippen molar-refractivity contribution in [2.24, 2.45) is 0 Å². The number of aromatic nitrogens is 3.